The van der Waals surface area contributed by atoms with Crippen LogP contribution in [0.3, 0.4) is 0 Å². The predicted octanol–water partition coefficient (Wildman–Crippen LogP) is 7.04. The molecule has 1 aliphatic carbocycles. The number of aromatic nitrogens is 1. The van der Waals surface area contributed by atoms with E-state index in [9.17, 15) is 10.1 Å². The Morgan fingerprint density at radius 2 is 2.03 bits per heavy atom. The van der Waals surface area contributed by atoms with Crippen molar-refractivity contribution in [3.63, 3.8) is 0 Å². The number of halogens is 2. The van der Waals surface area contributed by atoms with Crippen molar-refractivity contribution >= 4 is 46.6 Å². The first-order valence-corrected chi connectivity index (χ1v) is 12.5. The first-order valence-electron chi connectivity index (χ1n) is 10.9. The minimum atomic E-state index is -0.407. The van der Waals surface area contributed by atoms with E-state index < -0.39 is 5.25 Å². The molecule has 0 saturated heterocycles. The fourth-order valence-electron chi connectivity index (χ4n) is 4.09. The van der Waals surface area contributed by atoms with Crippen LogP contribution in [-0.4, -0.2) is 16.1 Å². The van der Waals surface area contributed by atoms with Crippen LogP contribution in [0.4, 0.5) is 5.69 Å². The summed E-state index contributed by atoms with van der Waals surface area (Å²) in [5.41, 5.74) is 4.50. The third-order valence-corrected chi connectivity index (χ3v) is 7.76. The molecule has 2 unspecified atom stereocenters. The molecule has 2 atom stereocenters. The molecule has 3 aromatic rings. The highest BCUT2D eigenvalue weighted by Crippen LogP contribution is 2.36. The number of hydrogen-bond acceptors (Lipinski definition) is 4. The molecule has 7 heteroatoms. The van der Waals surface area contributed by atoms with E-state index in [2.05, 4.69) is 35.7 Å². The Hall–Kier alpha value is -2.52. The number of nitrogens with one attached hydrogen (secondary N) is 1. The molecule has 1 aromatic heterocycles. The SMILES string of the molecule is CCC(Sc1nc2c(cc1C#N)CC(c1ccccc1)CC2)C(=O)Nc1ccc(Cl)cc1Cl. The number of carbonyl (C=O) groups excluding carboxylic acids is 1. The molecule has 33 heavy (non-hydrogen) atoms. The summed E-state index contributed by atoms with van der Waals surface area (Å²) in [6.07, 6.45) is 3.34. The van der Waals surface area contributed by atoms with Gasteiger partial charge in [-0.2, -0.15) is 5.26 Å². The zero-order valence-corrected chi connectivity index (χ0v) is 20.5. The normalized spacial score (nSPS) is 15.9. The van der Waals surface area contributed by atoms with Gasteiger partial charge in [0.15, 0.2) is 0 Å². The summed E-state index contributed by atoms with van der Waals surface area (Å²) in [6, 6.07) is 19.7. The second kappa shape index (κ2) is 10.6. The minimum absolute atomic E-state index is 0.181. The van der Waals surface area contributed by atoms with Crippen molar-refractivity contribution in [2.75, 3.05) is 5.32 Å². The van der Waals surface area contributed by atoms with Gasteiger partial charge in [-0.05, 0) is 67.0 Å². The van der Waals surface area contributed by atoms with Crippen LogP contribution >= 0.6 is 35.0 Å². The van der Waals surface area contributed by atoms with Crippen molar-refractivity contribution in [3.05, 3.63) is 87.0 Å². The van der Waals surface area contributed by atoms with Crippen molar-refractivity contribution < 1.29 is 4.79 Å². The standard InChI is InChI=1S/C26H23Cl2N3OS/c1-2-24(25(32)30-23-11-9-20(27)14-21(23)28)33-26-19(15-29)13-18-12-17(8-10-22(18)31-26)16-6-4-3-5-7-16/h3-7,9,11,13-14,17,24H,2,8,10,12H2,1H3,(H,30,32). The molecule has 1 heterocycles. The minimum Gasteiger partial charge on any atom is -0.324 e. The lowest BCUT2D eigenvalue weighted by Gasteiger charge is -2.25. The van der Waals surface area contributed by atoms with E-state index in [-0.39, 0.29) is 5.91 Å². The number of rotatable bonds is 6. The molecule has 0 bridgehead atoms. The van der Waals surface area contributed by atoms with E-state index in [1.165, 1.54) is 17.3 Å². The Bertz CT molecular complexity index is 1210. The average molecular weight is 496 g/mol. The summed E-state index contributed by atoms with van der Waals surface area (Å²) in [5.74, 6) is 0.253. The lowest BCUT2D eigenvalue weighted by Crippen LogP contribution is -2.25. The highest BCUT2D eigenvalue weighted by Gasteiger charge is 2.26. The van der Waals surface area contributed by atoms with Gasteiger partial charge in [-0.1, -0.05) is 72.2 Å². The monoisotopic (exact) mass is 495 g/mol. The largest absolute Gasteiger partial charge is 0.324 e. The number of benzene rings is 2. The maximum absolute atomic E-state index is 12.9. The number of thioether (sulfide) groups is 1. The summed E-state index contributed by atoms with van der Waals surface area (Å²) >= 11 is 13.5. The van der Waals surface area contributed by atoms with E-state index in [1.807, 2.05) is 19.1 Å². The Labute approximate surface area is 208 Å². The number of anilines is 1. The summed E-state index contributed by atoms with van der Waals surface area (Å²) in [7, 11) is 0. The second-order valence-electron chi connectivity index (χ2n) is 8.04. The van der Waals surface area contributed by atoms with Crippen LogP contribution in [0.5, 0.6) is 0 Å². The third kappa shape index (κ3) is 5.52. The van der Waals surface area contributed by atoms with E-state index in [1.54, 1.807) is 18.2 Å². The molecule has 0 radical (unpaired) electrons. The lowest BCUT2D eigenvalue weighted by molar-refractivity contribution is -0.115. The summed E-state index contributed by atoms with van der Waals surface area (Å²) in [6.45, 7) is 1.94. The number of amides is 1. The van der Waals surface area contributed by atoms with Crippen molar-refractivity contribution in [3.8, 4) is 6.07 Å². The van der Waals surface area contributed by atoms with Gasteiger partial charge in [0, 0.05) is 10.7 Å². The van der Waals surface area contributed by atoms with Gasteiger partial charge in [-0.15, -0.1) is 0 Å². The van der Waals surface area contributed by atoms with Gasteiger partial charge in [-0.25, -0.2) is 4.98 Å². The first-order chi connectivity index (χ1) is 16.0. The average Bonchev–Trinajstić information content (AvgIpc) is 2.83. The molecular formula is C26H23Cl2N3OS. The molecule has 168 valence electrons. The highest BCUT2D eigenvalue weighted by atomic mass is 35.5. The molecule has 0 fully saturated rings. The van der Waals surface area contributed by atoms with Gasteiger partial charge in [0.1, 0.15) is 11.1 Å². The van der Waals surface area contributed by atoms with Crippen LogP contribution in [0, 0.1) is 11.3 Å². The van der Waals surface area contributed by atoms with E-state index in [0.717, 1.165) is 30.5 Å². The fourth-order valence-corrected chi connectivity index (χ4v) is 5.54. The molecule has 1 amide bonds. The molecule has 0 aliphatic heterocycles. The number of nitrogens with zero attached hydrogens (tertiary/aromatic N) is 2. The number of carbonyl (C=O) groups is 1. The molecule has 0 spiro atoms. The Morgan fingerprint density at radius 3 is 2.73 bits per heavy atom. The Balaban J connectivity index is 1.52. The van der Waals surface area contributed by atoms with Gasteiger partial charge < -0.3 is 5.32 Å². The van der Waals surface area contributed by atoms with Crippen LogP contribution in [0.25, 0.3) is 0 Å². The highest BCUT2D eigenvalue weighted by molar-refractivity contribution is 8.00. The maximum Gasteiger partial charge on any atom is 0.237 e. The van der Waals surface area contributed by atoms with Gasteiger partial charge >= 0.3 is 0 Å². The predicted molar refractivity (Wildman–Crippen MR) is 135 cm³/mol. The van der Waals surface area contributed by atoms with Crippen molar-refractivity contribution in [2.24, 2.45) is 0 Å². The number of fused-ring (bicyclic) bond motifs is 1. The summed E-state index contributed by atoms with van der Waals surface area (Å²) in [5, 5.41) is 13.8. The van der Waals surface area contributed by atoms with Crippen LogP contribution in [-0.2, 0) is 17.6 Å². The van der Waals surface area contributed by atoms with Crippen LogP contribution < -0.4 is 5.32 Å². The Morgan fingerprint density at radius 1 is 1.24 bits per heavy atom. The number of aryl methyl sites for hydroxylation is 1. The maximum atomic E-state index is 12.9. The van der Waals surface area contributed by atoms with Gasteiger partial charge in [-0.3, -0.25) is 4.79 Å². The van der Waals surface area contributed by atoms with Crippen molar-refractivity contribution in [1.82, 2.24) is 4.98 Å². The first kappa shape index (κ1) is 23.6. The zero-order chi connectivity index (χ0) is 23.4. The van der Waals surface area contributed by atoms with E-state index >= 15 is 0 Å². The van der Waals surface area contributed by atoms with Crippen molar-refractivity contribution in [2.45, 2.75) is 48.8 Å². The smallest absolute Gasteiger partial charge is 0.237 e. The van der Waals surface area contributed by atoms with Gasteiger partial charge in [0.05, 0.1) is 21.5 Å². The zero-order valence-electron chi connectivity index (χ0n) is 18.1. The molecule has 1 N–H and O–H groups in total. The molecule has 1 aliphatic rings. The molecule has 2 aromatic carbocycles. The number of hydrogen-bond donors (Lipinski definition) is 1. The molecule has 4 nitrogen and oxygen atoms in total. The molecule has 4 rings (SSSR count). The third-order valence-electron chi connectivity index (χ3n) is 5.85. The lowest BCUT2D eigenvalue weighted by atomic mass is 9.82. The van der Waals surface area contributed by atoms with E-state index in [0.29, 0.717) is 38.7 Å². The quantitative estimate of drug-likeness (QED) is 0.372. The molecular weight excluding hydrogens is 473 g/mol. The Kier molecular flexibility index (Phi) is 7.60. The summed E-state index contributed by atoms with van der Waals surface area (Å²) < 4.78 is 0. The van der Waals surface area contributed by atoms with Gasteiger partial charge in [0.2, 0.25) is 5.91 Å². The van der Waals surface area contributed by atoms with Crippen LogP contribution in [0.15, 0.2) is 59.6 Å². The van der Waals surface area contributed by atoms with Crippen LogP contribution in [0.1, 0.15) is 48.1 Å². The molecule has 0 saturated carbocycles. The second-order valence-corrected chi connectivity index (χ2v) is 10.1. The van der Waals surface area contributed by atoms with Crippen molar-refractivity contribution in [1.29, 1.82) is 5.26 Å². The summed E-state index contributed by atoms with van der Waals surface area (Å²) in [4.78, 5) is 17.8. The van der Waals surface area contributed by atoms with Crippen LogP contribution in [0.2, 0.25) is 10.0 Å². The topological polar surface area (TPSA) is 65.8 Å². The number of nitriles is 1. The van der Waals surface area contributed by atoms with E-state index in [4.69, 9.17) is 28.2 Å². The number of pyridine rings is 1. The fraction of sp³-hybridized carbons (Fsp3) is 0.269. The van der Waals surface area contributed by atoms with Gasteiger partial charge in [0.25, 0.3) is 0 Å².